The van der Waals surface area contributed by atoms with Crippen LogP contribution in [-0.2, 0) is 25.5 Å². The van der Waals surface area contributed by atoms with Crippen LogP contribution in [-0.4, -0.2) is 30.5 Å². The lowest BCUT2D eigenvalue weighted by Crippen LogP contribution is -2.50. The van der Waals surface area contributed by atoms with Crippen molar-refractivity contribution in [3.8, 4) is 0 Å². The molecule has 6 heteroatoms. The van der Waals surface area contributed by atoms with E-state index in [-0.39, 0.29) is 17.9 Å². The molecule has 0 radical (unpaired) electrons. The van der Waals surface area contributed by atoms with Gasteiger partial charge in [0.2, 0.25) is 5.88 Å². The molecule has 1 fully saturated rings. The molecule has 1 N–H and O–H groups in total. The van der Waals surface area contributed by atoms with Crippen LogP contribution in [0.1, 0.15) is 70.1 Å². The number of hydrogen-bond acceptors (Lipinski definition) is 5. The van der Waals surface area contributed by atoms with Gasteiger partial charge in [0, 0.05) is 11.6 Å². The van der Waals surface area contributed by atoms with Crippen LogP contribution in [0.5, 0.6) is 0 Å². The summed E-state index contributed by atoms with van der Waals surface area (Å²) in [5.74, 6) is -0.0319. The van der Waals surface area contributed by atoms with Gasteiger partial charge >= 0.3 is 5.97 Å². The summed E-state index contributed by atoms with van der Waals surface area (Å²) in [6.07, 6.45) is 3.83. The fraction of sp³-hybridized carbons (Fsp3) is 0.583. The largest absolute Gasteiger partial charge is 0.409 e. The Hall–Kier alpha value is -1.66. The fourth-order valence-corrected chi connectivity index (χ4v) is 4.97. The number of aryl methyl sites for hydroxylation is 2. The first-order valence-electron chi connectivity index (χ1n) is 10.6. The van der Waals surface area contributed by atoms with E-state index in [4.69, 9.17) is 9.47 Å². The summed E-state index contributed by atoms with van der Waals surface area (Å²) in [6, 6.07) is 4.05. The molecule has 0 aromatic heterocycles. The Kier molecular flexibility index (Phi) is 6.49. The number of nitrogens with one attached hydrogen (secondary N) is 1. The third-order valence-electron chi connectivity index (χ3n) is 6.18. The quantitative estimate of drug-likeness (QED) is 0.612. The van der Waals surface area contributed by atoms with Gasteiger partial charge in [0.1, 0.15) is 5.54 Å². The molecule has 1 aromatic carbocycles. The number of carbonyl (C=O) groups is 2. The number of methoxy groups -OCH3 is 1. The summed E-state index contributed by atoms with van der Waals surface area (Å²) in [5, 5.41) is 3.37. The van der Waals surface area contributed by atoms with Crippen molar-refractivity contribution < 1.29 is 19.1 Å². The van der Waals surface area contributed by atoms with Crippen molar-refractivity contribution in [2.24, 2.45) is 5.41 Å². The molecule has 30 heavy (non-hydrogen) atoms. The van der Waals surface area contributed by atoms with Gasteiger partial charge < -0.3 is 14.8 Å². The highest BCUT2D eigenvalue weighted by Crippen LogP contribution is 2.43. The summed E-state index contributed by atoms with van der Waals surface area (Å²) in [6.45, 7) is 9.50. The van der Waals surface area contributed by atoms with Gasteiger partial charge in [-0.05, 0) is 88.6 Å². The molecule has 0 amide bonds. The van der Waals surface area contributed by atoms with Crippen LogP contribution in [0.4, 0.5) is 0 Å². The molecule has 1 spiro atoms. The van der Waals surface area contributed by atoms with Gasteiger partial charge in [0.15, 0.2) is 5.78 Å². The van der Waals surface area contributed by atoms with Crippen LogP contribution in [0.2, 0.25) is 0 Å². The molecule has 1 heterocycles. The number of ether oxygens (including phenoxy) is 2. The number of Topliss-reactive ketones (excluding diaryl/α,β-unsaturated/α-hetero) is 1. The molecule has 2 aliphatic rings. The molecule has 0 atom stereocenters. The number of hydrogen-bond donors (Lipinski definition) is 1. The molecule has 0 unspecified atom stereocenters. The van der Waals surface area contributed by atoms with Gasteiger partial charge in [-0.1, -0.05) is 22.9 Å². The minimum Gasteiger partial charge on any atom is -0.409 e. The summed E-state index contributed by atoms with van der Waals surface area (Å²) in [7, 11) is 1.71. The predicted octanol–water partition coefficient (Wildman–Crippen LogP) is 5.08. The third-order valence-corrected chi connectivity index (χ3v) is 6.64. The summed E-state index contributed by atoms with van der Waals surface area (Å²) in [4.78, 5) is 26.6. The molecule has 0 bridgehead atoms. The number of benzene rings is 1. The Morgan fingerprint density at radius 1 is 1.27 bits per heavy atom. The van der Waals surface area contributed by atoms with Crippen LogP contribution in [0, 0.1) is 12.3 Å². The predicted molar refractivity (Wildman–Crippen MR) is 121 cm³/mol. The fourth-order valence-electron chi connectivity index (χ4n) is 4.35. The molecule has 1 aliphatic carbocycles. The molecule has 3 rings (SSSR count). The first kappa shape index (κ1) is 23.0. The smallest absolute Gasteiger partial charge is 0.317 e. The lowest BCUT2D eigenvalue weighted by molar-refractivity contribution is -0.149. The monoisotopic (exact) mass is 477 g/mol. The Bertz CT molecular complexity index is 889. The Balaban J connectivity index is 2.10. The molecule has 5 nitrogen and oxygen atoms in total. The lowest BCUT2D eigenvalue weighted by atomic mass is 9.76. The minimum absolute atomic E-state index is 0.0221. The molecule has 1 aromatic rings. The first-order valence-corrected chi connectivity index (χ1v) is 11.4. The first-order chi connectivity index (χ1) is 14.0. The van der Waals surface area contributed by atoms with Crippen LogP contribution >= 0.6 is 15.9 Å². The van der Waals surface area contributed by atoms with Gasteiger partial charge in [0.25, 0.3) is 0 Å². The minimum atomic E-state index is -0.734. The highest BCUT2D eigenvalue weighted by atomic mass is 79.9. The van der Waals surface area contributed by atoms with Crippen molar-refractivity contribution in [3.05, 3.63) is 39.2 Å². The van der Waals surface area contributed by atoms with E-state index in [9.17, 15) is 9.59 Å². The number of carbonyl (C=O) groups excluding carboxylic acids is 2. The van der Waals surface area contributed by atoms with Crippen LogP contribution in [0.25, 0.3) is 5.57 Å². The maximum absolute atomic E-state index is 13.9. The van der Waals surface area contributed by atoms with E-state index < -0.39 is 11.0 Å². The van der Waals surface area contributed by atoms with Crippen molar-refractivity contribution in [1.29, 1.82) is 0 Å². The van der Waals surface area contributed by atoms with Gasteiger partial charge in [0.05, 0.1) is 17.1 Å². The Labute approximate surface area is 187 Å². The van der Waals surface area contributed by atoms with Crippen LogP contribution in [0.3, 0.4) is 0 Å². The Morgan fingerprint density at radius 3 is 2.43 bits per heavy atom. The standard InChI is InChI=1S/C24H32BrNO4/c1-7-15-13-16(25)12-14(2)18(15)19-20(27)24(10-8-17(29-6)9-11-24)26-21(19)30-22(28)23(3,4)5/h12-13,17,26H,7-11H2,1-6H3. The number of ketones is 1. The van der Waals surface area contributed by atoms with Crippen molar-refractivity contribution in [1.82, 2.24) is 5.32 Å². The van der Waals surface area contributed by atoms with E-state index in [1.807, 2.05) is 39.8 Å². The number of esters is 1. The van der Waals surface area contributed by atoms with Crippen LogP contribution < -0.4 is 5.32 Å². The average molecular weight is 478 g/mol. The van der Waals surface area contributed by atoms with Crippen molar-refractivity contribution in [3.63, 3.8) is 0 Å². The Morgan fingerprint density at radius 2 is 1.90 bits per heavy atom. The highest BCUT2D eigenvalue weighted by Gasteiger charge is 2.51. The summed E-state index contributed by atoms with van der Waals surface area (Å²) >= 11 is 3.56. The van der Waals surface area contributed by atoms with Crippen molar-refractivity contribution in [2.45, 2.75) is 78.4 Å². The normalized spacial score (nSPS) is 24.4. The van der Waals surface area contributed by atoms with E-state index in [1.165, 1.54) is 0 Å². The van der Waals surface area contributed by atoms with Crippen molar-refractivity contribution in [2.75, 3.05) is 7.11 Å². The van der Waals surface area contributed by atoms with E-state index in [0.717, 1.165) is 40.4 Å². The zero-order chi connectivity index (χ0) is 22.3. The lowest BCUT2D eigenvalue weighted by Gasteiger charge is -2.36. The molecular weight excluding hydrogens is 446 g/mol. The van der Waals surface area contributed by atoms with Gasteiger partial charge in [-0.3, -0.25) is 9.59 Å². The molecular formula is C24H32BrNO4. The van der Waals surface area contributed by atoms with E-state index in [0.29, 0.717) is 24.3 Å². The van der Waals surface area contributed by atoms with Gasteiger partial charge in [-0.15, -0.1) is 0 Å². The topological polar surface area (TPSA) is 64.6 Å². The molecule has 0 saturated heterocycles. The van der Waals surface area contributed by atoms with E-state index in [2.05, 4.69) is 28.2 Å². The maximum Gasteiger partial charge on any atom is 0.317 e. The zero-order valence-electron chi connectivity index (χ0n) is 18.8. The van der Waals surface area contributed by atoms with E-state index in [1.54, 1.807) is 7.11 Å². The zero-order valence-corrected chi connectivity index (χ0v) is 20.4. The van der Waals surface area contributed by atoms with Gasteiger partial charge in [-0.25, -0.2) is 0 Å². The average Bonchev–Trinajstić information content (AvgIpc) is 2.92. The second-order valence-corrected chi connectivity index (χ2v) is 10.3. The molecule has 164 valence electrons. The molecule has 1 saturated carbocycles. The van der Waals surface area contributed by atoms with Gasteiger partial charge in [-0.2, -0.15) is 0 Å². The highest BCUT2D eigenvalue weighted by molar-refractivity contribution is 9.10. The second kappa shape index (κ2) is 8.46. The summed E-state index contributed by atoms with van der Waals surface area (Å²) in [5.41, 5.74) is 2.01. The van der Waals surface area contributed by atoms with E-state index >= 15 is 0 Å². The number of rotatable bonds is 4. The molecule has 1 aliphatic heterocycles. The maximum atomic E-state index is 13.9. The van der Waals surface area contributed by atoms with Crippen molar-refractivity contribution >= 4 is 33.3 Å². The third kappa shape index (κ3) is 4.22. The second-order valence-electron chi connectivity index (χ2n) is 9.43. The SMILES string of the molecule is CCc1cc(Br)cc(C)c1C1=C(OC(=O)C(C)(C)C)NC2(CCC(OC)CC2)C1=O. The summed E-state index contributed by atoms with van der Waals surface area (Å²) < 4.78 is 12.3. The van der Waals surface area contributed by atoms with Crippen LogP contribution in [0.15, 0.2) is 22.5 Å². The number of halogens is 1.